The Morgan fingerprint density at radius 3 is 2.69 bits per heavy atom. The van der Waals surface area contributed by atoms with Crippen molar-refractivity contribution in [2.75, 3.05) is 18.0 Å². The summed E-state index contributed by atoms with van der Waals surface area (Å²) in [5.41, 5.74) is 0. The van der Waals surface area contributed by atoms with Gasteiger partial charge in [-0.25, -0.2) is 0 Å². The van der Waals surface area contributed by atoms with Gasteiger partial charge in [-0.05, 0) is 12.1 Å². The monoisotopic (exact) mass is 177 g/mol. The van der Waals surface area contributed by atoms with Gasteiger partial charge in [-0.1, -0.05) is 0 Å². The predicted molar refractivity (Wildman–Crippen MR) is 48.5 cm³/mol. The van der Waals surface area contributed by atoms with E-state index in [0.717, 1.165) is 18.9 Å². The summed E-state index contributed by atoms with van der Waals surface area (Å²) in [7, 11) is 0. The zero-order valence-corrected chi connectivity index (χ0v) is 7.31. The van der Waals surface area contributed by atoms with Crippen LogP contribution in [0.2, 0.25) is 0 Å². The number of carbonyl (C=O) groups is 1. The first-order chi connectivity index (χ1) is 6.36. The van der Waals surface area contributed by atoms with E-state index < -0.39 is 0 Å². The molecule has 1 saturated heterocycles. The molecule has 1 aliphatic rings. The van der Waals surface area contributed by atoms with Gasteiger partial charge in [-0.15, -0.1) is 5.10 Å². The van der Waals surface area contributed by atoms with E-state index in [1.807, 2.05) is 12.1 Å². The molecule has 2 rings (SSSR count). The molecule has 0 bridgehead atoms. The van der Waals surface area contributed by atoms with Crippen molar-refractivity contribution in [3.63, 3.8) is 0 Å². The van der Waals surface area contributed by atoms with Crippen LogP contribution in [0.15, 0.2) is 18.3 Å². The Labute approximate surface area is 76.6 Å². The molecule has 0 atom stereocenters. The predicted octanol–water partition coefficient (Wildman–Crippen LogP) is 0.646. The van der Waals surface area contributed by atoms with Gasteiger partial charge < -0.3 is 4.90 Å². The standard InChI is InChI=1S/C9H11N3O/c13-8-3-6-12(7-4-8)9-2-1-5-10-11-9/h1-2,5H,3-4,6-7H2. The van der Waals surface area contributed by atoms with Gasteiger partial charge in [0.15, 0.2) is 5.82 Å². The molecule has 1 aliphatic heterocycles. The van der Waals surface area contributed by atoms with Crippen LogP contribution in [-0.2, 0) is 4.79 Å². The SMILES string of the molecule is O=C1CCN(c2cccnn2)CC1. The Morgan fingerprint density at radius 2 is 2.08 bits per heavy atom. The van der Waals surface area contributed by atoms with Crippen molar-refractivity contribution in [3.8, 4) is 0 Å². The van der Waals surface area contributed by atoms with Crippen LogP contribution >= 0.6 is 0 Å². The van der Waals surface area contributed by atoms with E-state index in [1.165, 1.54) is 0 Å². The number of hydrogen-bond donors (Lipinski definition) is 0. The Bertz CT molecular complexity index is 289. The minimum atomic E-state index is 0.347. The molecule has 4 nitrogen and oxygen atoms in total. The Balaban J connectivity index is 2.07. The lowest BCUT2D eigenvalue weighted by atomic mass is 10.1. The quantitative estimate of drug-likeness (QED) is 0.631. The van der Waals surface area contributed by atoms with E-state index in [1.54, 1.807) is 6.20 Å². The first-order valence-corrected chi connectivity index (χ1v) is 4.40. The molecule has 0 aliphatic carbocycles. The molecule has 1 fully saturated rings. The number of carbonyl (C=O) groups excluding carboxylic acids is 1. The Kier molecular flexibility index (Phi) is 2.21. The highest BCUT2D eigenvalue weighted by atomic mass is 16.1. The minimum Gasteiger partial charge on any atom is -0.354 e. The van der Waals surface area contributed by atoms with Crippen molar-refractivity contribution in [3.05, 3.63) is 18.3 Å². The topological polar surface area (TPSA) is 46.1 Å². The zero-order chi connectivity index (χ0) is 9.10. The molecule has 4 heteroatoms. The largest absolute Gasteiger partial charge is 0.354 e. The van der Waals surface area contributed by atoms with Gasteiger partial charge in [0.05, 0.1) is 0 Å². The number of piperidine rings is 1. The number of ketones is 1. The van der Waals surface area contributed by atoms with Crippen molar-refractivity contribution >= 4 is 11.6 Å². The lowest BCUT2D eigenvalue weighted by Gasteiger charge is -2.26. The molecule has 0 spiro atoms. The first-order valence-electron chi connectivity index (χ1n) is 4.40. The zero-order valence-electron chi connectivity index (χ0n) is 7.31. The van der Waals surface area contributed by atoms with E-state index in [0.29, 0.717) is 18.6 Å². The summed E-state index contributed by atoms with van der Waals surface area (Å²) in [5, 5.41) is 7.79. The fourth-order valence-electron chi connectivity index (χ4n) is 1.45. The molecule has 0 aromatic carbocycles. The lowest BCUT2D eigenvalue weighted by Crippen LogP contribution is -2.34. The van der Waals surface area contributed by atoms with Crippen molar-refractivity contribution < 1.29 is 4.79 Å². The second-order valence-electron chi connectivity index (χ2n) is 3.11. The van der Waals surface area contributed by atoms with Crippen LogP contribution in [0.25, 0.3) is 0 Å². The first kappa shape index (κ1) is 8.16. The van der Waals surface area contributed by atoms with Crippen LogP contribution in [-0.4, -0.2) is 29.1 Å². The average Bonchev–Trinajstić information content (AvgIpc) is 2.20. The van der Waals surface area contributed by atoms with Gasteiger partial charge >= 0.3 is 0 Å². The maximum Gasteiger partial charge on any atom is 0.151 e. The van der Waals surface area contributed by atoms with Crippen molar-refractivity contribution in [2.24, 2.45) is 0 Å². The van der Waals surface area contributed by atoms with Crippen LogP contribution in [0, 0.1) is 0 Å². The fraction of sp³-hybridized carbons (Fsp3) is 0.444. The molecular weight excluding hydrogens is 166 g/mol. The van der Waals surface area contributed by atoms with E-state index in [4.69, 9.17) is 0 Å². The fourth-order valence-corrected chi connectivity index (χ4v) is 1.45. The van der Waals surface area contributed by atoms with Crippen LogP contribution in [0.4, 0.5) is 5.82 Å². The molecule has 0 N–H and O–H groups in total. The number of aromatic nitrogens is 2. The van der Waals surface area contributed by atoms with Crippen LogP contribution < -0.4 is 4.90 Å². The molecule has 0 amide bonds. The molecule has 0 unspecified atom stereocenters. The summed E-state index contributed by atoms with van der Waals surface area (Å²) in [4.78, 5) is 13.1. The third-order valence-corrected chi connectivity index (χ3v) is 2.20. The van der Waals surface area contributed by atoms with Crippen LogP contribution in [0.1, 0.15) is 12.8 Å². The summed E-state index contributed by atoms with van der Waals surface area (Å²) < 4.78 is 0. The third kappa shape index (κ3) is 1.83. The molecule has 0 saturated carbocycles. The average molecular weight is 177 g/mol. The van der Waals surface area contributed by atoms with Gasteiger partial charge in [0, 0.05) is 32.1 Å². The number of hydrogen-bond acceptors (Lipinski definition) is 4. The molecule has 1 aromatic heterocycles. The maximum atomic E-state index is 11.0. The summed E-state index contributed by atoms with van der Waals surface area (Å²) >= 11 is 0. The van der Waals surface area contributed by atoms with Crippen LogP contribution in [0.5, 0.6) is 0 Å². The minimum absolute atomic E-state index is 0.347. The highest BCUT2D eigenvalue weighted by Crippen LogP contribution is 2.13. The lowest BCUT2D eigenvalue weighted by molar-refractivity contribution is -0.119. The normalized spacial score (nSPS) is 17.5. The van der Waals surface area contributed by atoms with Gasteiger partial charge in [-0.3, -0.25) is 4.79 Å². The number of Topliss-reactive ketones (excluding diaryl/α,β-unsaturated/α-hetero) is 1. The van der Waals surface area contributed by atoms with E-state index in [2.05, 4.69) is 15.1 Å². The Hall–Kier alpha value is -1.45. The summed E-state index contributed by atoms with van der Waals surface area (Å²) in [6, 6.07) is 3.78. The summed E-state index contributed by atoms with van der Waals surface area (Å²) in [6.07, 6.45) is 2.92. The van der Waals surface area contributed by atoms with E-state index in [-0.39, 0.29) is 0 Å². The highest BCUT2D eigenvalue weighted by Gasteiger charge is 2.16. The maximum absolute atomic E-state index is 11.0. The van der Waals surface area contributed by atoms with Crippen molar-refractivity contribution in [1.29, 1.82) is 0 Å². The van der Waals surface area contributed by atoms with Gasteiger partial charge in [0.25, 0.3) is 0 Å². The van der Waals surface area contributed by atoms with E-state index in [9.17, 15) is 4.79 Å². The number of anilines is 1. The van der Waals surface area contributed by atoms with Crippen molar-refractivity contribution in [1.82, 2.24) is 10.2 Å². The van der Waals surface area contributed by atoms with Gasteiger partial charge in [0.2, 0.25) is 0 Å². The smallest absolute Gasteiger partial charge is 0.151 e. The van der Waals surface area contributed by atoms with Crippen molar-refractivity contribution in [2.45, 2.75) is 12.8 Å². The van der Waals surface area contributed by atoms with Crippen LogP contribution in [0.3, 0.4) is 0 Å². The molecule has 68 valence electrons. The summed E-state index contributed by atoms with van der Waals surface area (Å²) in [5.74, 6) is 1.22. The number of nitrogens with zero attached hydrogens (tertiary/aromatic N) is 3. The molecule has 0 radical (unpaired) electrons. The van der Waals surface area contributed by atoms with Gasteiger partial charge in [0.1, 0.15) is 5.78 Å². The highest BCUT2D eigenvalue weighted by molar-refractivity contribution is 5.80. The molecule has 1 aromatic rings. The molecule has 2 heterocycles. The Morgan fingerprint density at radius 1 is 1.31 bits per heavy atom. The second kappa shape index (κ2) is 3.51. The van der Waals surface area contributed by atoms with Gasteiger partial charge in [-0.2, -0.15) is 5.10 Å². The summed E-state index contributed by atoms with van der Waals surface area (Å²) in [6.45, 7) is 1.55. The number of rotatable bonds is 1. The second-order valence-corrected chi connectivity index (χ2v) is 3.11. The third-order valence-electron chi connectivity index (χ3n) is 2.20. The molecule has 13 heavy (non-hydrogen) atoms. The van der Waals surface area contributed by atoms with E-state index >= 15 is 0 Å². The molecular formula is C9H11N3O.